The van der Waals surface area contributed by atoms with Crippen LogP contribution in [0.2, 0.25) is 5.02 Å². The first-order chi connectivity index (χ1) is 9.52. The molecule has 2 unspecified atom stereocenters. The molecule has 112 valence electrons. The van der Waals surface area contributed by atoms with E-state index >= 15 is 0 Å². The molecular weight excluding hydrogens is 336 g/mol. The predicted molar refractivity (Wildman–Crippen MR) is 90.4 cm³/mol. The topological polar surface area (TPSA) is 15.3 Å². The van der Waals surface area contributed by atoms with Gasteiger partial charge in [-0.2, -0.15) is 0 Å². The van der Waals surface area contributed by atoms with Crippen LogP contribution in [0.25, 0.3) is 0 Å². The molecule has 0 aliphatic heterocycles. The van der Waals surface area contributed by atoms with Gasteiger partial charge in [0.05, 0.1) is 0 Å². The Morgan fingerprint density at radius 1 is 1.45 bits per heavy atom. The lowest BCUT2D eigenvalue weighted by Crippen LogP contribution is -2.33. The predicted octanol–water partition coefficient (Wildman–Crippen LogP) is 4.48. The van der Waals surface area contributed by atoms with Gasteiger partial charge in [-0.25, -0.2) is 0 Å². The number of nitrogens with zero attached hydrogens (tertiary/aromatic N) is 1. The summed E-state index contributed by atoms with van der Waals surface area (Å²) in [6, 6.07) is 7.15. The van der Waals surface area contributed by atoms with Crippen molar-refractivity contribution < 1.29 is 0 Å². The van der Waals surface area contributed by atoms with Gasteiger partial charge in [-0.3, -0.25) is 0 Å². The fraction of sp³-hybridized carbons (Fsp3) is 0.625. The zero-order valence-electron chi connectivity index (χ0n) is 12.5. The Balaban J connectivity index is 1.94. The minimum absolute atomic E-state index is 0.310. The van der Waals surface area contributed by atoms with Crippen molar-refractivity contribution in [2.75, 3.05) is 20.6 Å². The monoisotopic (exact) mass is 358 g/mol. The lowest BCUT2D eigenvalue weighted by Gasteiger charge is -2.27. The fourth-order valence-corrected chi connectivity index (χ4v) is 3.52. The molecule has 0 heterocycles. The van der Waals surface area contributed by atoms with Crippen molar-refractivity contribution in [1.29, 1.82) is 0 Å². The zero-order chi connectivity index (χ0) is 14.7. The molecule has 2 atom stereocenters. The minimum atomic E-state index is 0.310. The number of hydrogen-bond donors (Lipinski definition) is 1. The summed E-state index contributed by atoms with van der Waals surface area (Å²) in [6.45, 7) is 3.44. The third-order valence-corrected chi connectivity index (χ3v) is 5.28. The van der Waals surface area contributed by atoms with Crippen LogP contribution in [0.3, 0.4) is 0 Å². The zero-order valence-corrected chi connectivity index (χ0v) is 14.8. The first kappa shape index (κ1) is 16.3. The highest BCUT2D eigenvalue weighted by atomic mass is 79.9. The van der Waals surface area contributed by atoms with Crippen LogP contribution in [-0.2, 0) is 0 Å². The Bertz CT molecular complexity index is 448. The third-order valence-electron chi connectivity index (χ3n) is 4.46. The second-order valence-corrected chi connectivity index (χ2v) is 7.18. The van der Waals surface area contributed by atoms with E-state index in [4.69, 9.17) is 11.6 Å². The maximum absolute atomic E-state index is 6.36. The normalized spacial score (nSPS) is 18.3. The molecule has 1 N–H and O–H groups in total. The Morgan fingerprint density at radius 2 is 2.15 bits per heavy atom. The summed E-state index contributed by atoms with van der Waals surface area (Å²) in [4.78, 5) is 2.48. The molecule has 0 amide bonds. The third kappa shape index (κ3) is 4.20. The van der Waals surface area contributed by atoms with Gasteiger partial charge in [0, 0.05) is 21.6 Å². The van der Waals surface area contributed by atoms with Crippen molar-refractivity contribution in [2.24, 2.45) is 5.92 Å². The summed E-state index contributed by atoms with van der Waals surface area (Å²) in [7, 11) is 4.24. The van der Waals surface area contributed by atoms with Gasteiger partial charge in [0.1, 0.15) is 0 Å². The first-order valence-electron chi connectivity index (χ1n) is 7.35. The van der Waals surface area contributed by atoms with Gasteiger partial charge in [0.25, 0.3) is 0 Å². The van der Waals surface area contributed by atoms with Crippen molar-refractivity contribution in [3.05, 3.63) is 33.3 Å². The molecule has 1 aliphatic carbocycles. The highest BCUT2D eigenvalue weighted by Crippen LogP contribution is 2.35. The summed E-state index contributed by atoms with van der Waals surface area (Å²) >= 11 is 9.82. The standard InChI is InChI=1S/C16H24BrClN2/c1-11(12-4-5-12)20(3)9-8-16(19-2)14-7-6-13(17)10-15(14)18/h6-7,10-12,16,19H,4-5,8-9H2,1-3H3. The molecule has 0 spiro atoms. The first-order valence-corrected chi connectivity index (χ1v) is 8.52. The van der Waals surface area contributed by atoms with Crippen molar-refractivity contribution in [3.8, 4) is 0 Å². The molecule has 1 aliphatic rings. The van der Waals surface area contributed by atoms with Crippen LogP contribution in [0.15, 0.2) is 22.7 Å². The number of rotatable bonds is 7. The SMILES string of the molecule is CNC(CCN(C)C(C)C1CC1)c1ccc(Br)cc1Cl. The van der Waals surface area contributed by atoms with E-state index in [9.17, 15) is 0 Å². The molecule has 0 aromatic heterocycles. The van der Waals surface area contributed by atoms with Crippen LogP contribution >= 0.6 is 27.5 Å². The van der Waals surface area contributed by atoms with E-state index in [0.717, 1.165) is 28.4 Å². The lowest BCUT2D eigenvalue weighted by molar-refractivity contribution is 0.223. The van der Waals surface area contributed by atoms with E-state index in [2.05, 4.69) is 52.3 Å². The second kappa shape index (κ2) is 7.26. The molecule has 0 saturated heterocycles. The number of nitrogens with one attached hydrogen (secondary N) is 1. The molecule has 2 nitrogen and oxygen atoms in total. The molecule has 1 aromatic rings. The van der Waals surface area contributed by atoms with Crippen molar-refractivity contribution >= 4 is 27.5 Å². The second-order valence-electron chi connectivity index (χ2n) is 5.85. The van der Waals surface area contributed by atoms with E-state index in [0.29, 0.717) is 12.1 Å². The molecule has 2 rings (SSSR count). The summed E-state index contributed by atoms with van der Waals surface area (Å²) in [6.07, 6.45) is 3.88. The Hall–Kier alpha value is -0.0900. The van der Waals surface area contributed by atoms with Crippen LogP contribution in [0.4, 0.5) is 0 Å². The van der Waals surface area contributed by atoms with Crippen molar-refractivity contribution in [2.45, 2.75) is 38.3 Å². The lowest BCUT2D eigenvalue weighted by atomic mass is 10.0. The molecular formula is C16H24BrClN2. The highest BCUT2D eigenvalue weighted by Gasteiger charge is 2.30. The van der Waals surface area contributed by atoms with Crippen LogP contribution in [-0.4, -0.2) is 31.6 Å². The number of benzene rings is 1. The Kier molecular flexibility index (Phi) is 5.91. The van der Waals surface area contributed by atoms with Gasteiger partial charge in [-0.15, -0.1) is 0 Å². The largest absolute Gasteiger partial charge is 0.313 e. The van der Waals surface area contributed by atoms with Gasteiger partial charge < -0.3 is 10.2 Å². The maximum atomic E-state index is 6.36. The average Bonchev–Trinajstić information content (AvgIpc) is 3.24. The quantitative estimate of drug-likeness (QED) is 0.772. The van der Waals surface area contributed by atoms with Gasteiger partial charge in [0.15, 0.2) is 0 Å². The van der Waals surface area contributed by atoms with E-state index in [1.165, 1.54) is 18.4 Å². The van der Waals surface area contributed by atoms with Gasteiger partial charge in [0.2, 0.25) is 0 Å². The van der Waals surface area contributed by atoms with Crippen molar-refractivity contribution in [3.63, 3.8) is 0 Å². The molecule has 0 radical (unpaired) electrons. The molecule has 20 heavy (non-hydrogen) atoms. The van der Waals surface area contributed by atoms with Crippen LogP contribution < -0.4 is 5.32 Å². The summed E-state index contributed by atoms with van der Waals surface area (Å²) in [5, 5.41) is 4.22. The Labute approximate surface area is 136 Å². The van der Waals surface area contributed by atoms with Gasteiger partial charge >= 0.3 is 0 Å². The minimum Gasteiger partial charge on any atom is -0.313 e. The highest BCUT2D eigenvalue weighted by molar-refractivity contribution is 9.10. The van der Waals surface area contributed by atoms with Crippen molar-refractivity contribution in [1.82, 2.24) is 10.2 Å². The van der Waals surface area contributed by atoms with E-state index < -0.39 is 0 Å². The Morgan fingerprint density at radius 3 is 2.70 bits per heavy atom. The molecule has 4 heteroatoms. The fourth-order valence-electron chi connectivity index (χ4n) is 2.71. The summed E-state index contributed by atoms with van der Waals surface area (Å²) in [5.74, 6) is 0.921. The average molecular weight is 360 g/mol. The van der Waals surface area contributed by atoms with Crippen LogP contribution in [0.5, 0.6) is 0 Å². The molecule has 1 saturated carbocycles. The summed E-state index contributed by atoms with van der Waals surface area (Å²) < 4.78 is 1.03. The molecule has 1 aromatic carbocycles. The van der Waals surface area contributed by atoms with E-state index in [1.54, 1.807) is 0 Å². The number of hydrogen-bond acceptors (Lipinski definition) is 2. The van der Waals surface area contributed by atoms with Crippen LogP contribution in [0, 0.1) is 5.92 Å². The number of halogens is 2. The van der Waals surface area contributed by atoms with Gasteiger partial charge in [-0.1, -0.05) is 33.6 Å². The summed E-state index contributed by atoms with van der Waals surface area (Å²) in [5.41, 5.74) is 1.19. The smallest absolute Gasteiger partial charge is 0.0465 e. The van der Waals surface area contributed by atoms with Gasteiger partial charge in [-0.05, 0) is 70.4 Å². The van der Waals surface area contributed by atoms with E-state index in [1.807, 2.05) is 13.1 Å². The van der Waals surface area contributed by atoms with Crippen LogP contribution in [0.1, 0.15) is 37.8 Å². The maximum Gasteiger partial charge on any atom is 0.0465 e. The molecule has 1 fully saturated rings. The molecule has 0 bridgehead atoms. The van der Waals surface area contributed by atoms with E-state index in [-0.39, 0.29) is 0 Å².